The van der Waals surface area contributed by atoms with Gasteiger partial charge in [-0.25, -0.2) is 9.78 Å². The molecule has 0 amide bonds. The van der Waals surface area contributed by atoms with Crippen LogP contribution in [0.15, 0.2) is 60.7 Å². The average Bonchev–Trinajstić information content (AvgIpc) is 2.61. The maximum Gasteiger partial charge on any atom is 0.165 e. The number of rotatable bonds is 9. The molecule has 0 N–H and O–H groups in total. The summed E-state index contributed by atoms with van der Waals surface area (Å²) in [4.78, 5) is 35.8. The Kier molecular flexibility index (Phi) is 6.46. The van der Waals surface area contributed by atoms with Crippen molar-refractivity contribution in [2.45, 2.75) is 51.7 Å². The van der Waals surface area contributed by atoms with Gasteiger partial charge in [-0.3, -0.25) is 9.59 Å². The lowest BCUT2D eigenvalue weighted by molar-refractivity contribution is -0.398. The van der Waals surface area contributed by atoms with Crippen LogP contribution >= 0.6 is 0 Å². The largest absolute Gasteiger partial charge is 0.294 e. The molecule has 0 aliphatic carbocycles. The number of hydrogen-bond acceptors (Lipinski definition) is 4. The molecule has 4 nitrogen and oxygen atoms in total. The first kappa shape index (κ1) is 20.0. The van der Waals surface area contributed by atoms with E-state index in [1.54, 1.807) is 52.0 Å². The highest BCUT2D eigenvalue weighted by Gasteiger charge is 2.31. The monoisotopic (exact) mass is 354 g/mol. The van der Waals surface area contributed by atoms with Crippen molar-refractivity contribution in [2.75, 3.05) is 0 Å². The Hall–Kier alpha value is -2.30. The van der Waals surface area contributed by atoms with Gasteiger partial charge >= 0.3 is 0 Å². The first-order valence-electron chi connectivity index (χ1n) is 8.72. The van der Waals surface area contributed by atoms with Crippen molar-refractivity contribution in [1.82, 2.24) is 0 Å². The minimum atomic E-state index is -0.806. The molecular formula is C22H26O4. The molecular weight excluding hydrogens is 328 g/mol. The highest BCUT2D eigenvalue weighted by Crippen LogP contribution is 2.25. The van der Waals surface area contributed by atoms with E-state index < -0.39 is 11.2 Å². The van der Waals surface area contributed by atoms with Crippen molar-refractivity contribution < 1.29 is 19.4 Å². The topological polar surface area (TPSA) is 52.6 Å². The van der Waals surface area contributed by atoms with Crippen molar-refractivity contribution in [3.05, 3.63) is 71.8 Å². The number of carbonyl (C=O) groups excluding carboxylic acids is 2. The second kappa shape index (κ2) is 8.39. The molecule has 0 saturated heterocycles. The van der Waals surface area contributed by atoms with Crippen molar-refractivity contribution in [3.8, 4) is 0 Å². The summed E-state index contributed by atoms with van der Waals surface area (Å²) in [6, 6.07) is 18.2. The minimum Gasteiger partial charge on any atom is -0.294 e. The summed E-state index contributed by atoms with van der Waals surface area (Å²) in [5, 5.41) is 0. The third-order valence-corrected chi connectivity index (χ3v) is 3.86. The van der Waals surface area contributed by atoms with Crippen LogP contribution < -0.4 is 0 Å². The third-order valence-electron chi connectivity index (χ3n) is 3.86. The Labute approximate surface area is 155 Å². The molecule has 26 heavy (non-hydrogen) atoms. The fourth-order valence-electron chi connectivity index (χ4n) is 2.51. The molecule has 0 aromatic heterocycles. The summed E-state index contributed by atoms with van der Waals surface area (Å²) in [6.45, 7) is 7.18. The van der Waals surface area contributed by atoms with Crippen LogP contribution in [0.3, 0.4) is 0 Å². The van der Waals surface area contributed by atoms with Gasteiger partial charge in [0.25, 0.3) is 0 Å². The molecule has 4 heteroatoms. The van der Waals surface area contributed by atoms with Crippen LogP contribution in [0.25, 0.3) is 0 Å². The van der Waals surface area contributed by atoms with Crippen LogP contribution in [-0.2, 0) is 9.78 Å². The Morgan fingerprint density at radius 2 is 0.962 bits per heavy atom. The smallest absolute Gasteiger partial charge is 0.165 e. The standard InChI is InChI=1S/C22H26O4/c1-21(2,15-19(23)17-11-7-5-8-12-17)25-26-22(3,4)16-20(24)18-13-9-6-10-14-18/h5-14H,15-16H2,1-4H3. The fraction of sp³-hybridized carbons (Fsp3) is 0.364. The van der Waals surface area contributed by atoms with Gasteiger partial charge < -0.3 is 0 Å². The number of hydrogen-bond donors (Lipinski definition) is 0. The van der Waals surface area contributed by atoms with E-state index in [1.807, 2.05) is 36.4 Å². The van der Waals surface area contributed by atoms with Gasteiger partial charge in [-0.05, 0) is 27.7 Å². The van der Waals surface area contributed by atoms with Gasteiger partial charge in [-0.2, -0.15) is 0 Å². The van der Waals surface area contributed by atoms with E-state index in [4.69, 9.17) is 9.78 Å². The summed E-state index contributed by atoms with van der Waals surface area (Å²) >= 11 is 0. The molecule has 2 aromatic carbocycles. The molecule has 0 fully saturated rings. The molecule has 0 aliphatic rings. The lowest BCUT2D eigenvalue weighted by atomic mass is 9.97. The van der Waals surface area contributed by atoms with Gasteiger partial charge in [-0.15, -0.1) is 0 Å². The molecule has 0 radical (unpaired) electrons. The quantitative estimate of drug-likeness (QED) is 0.360. The zero-order valence-corrected chi connectivity index (χ0v) is 15.8. The summed E-state index contributed by atoms with van der Waals surface area (Å²) in [7, 11) is 0. The molecule has 2 rings (SSSR count). The van der Waals surface area contributed by atoms with Crippen LogP contribution in [0.4, 0.5) is 0 Å². The predicted octanol–water partition coefficient (Wildman–Crippen LogP) is 5.04. The molecule has 0 aliphatic heterocycles. The van der Waals surface area contributed by atoms with E-state index in [2.05, 4.69) is 0 Å². The summed E-state index contributed by atoms with van der Waals surface area (Å²) in [5.41, 5.74) is -0.328. The molecule has 0 bridgehead atoms. The molecule has 2 aromatic rings. The Bertz CT molecular complexity index is 668. The van der Waals surface area contributed by atoms with Gasteiger partial charge in [0.1, 0.15) is 11.2 Å². The highest BCUT2D eigenvalue weighted by atomic mass is 17.2. The van der Waals surface area contributed by atoms with E-state index >= 15 is 0 Å². The van der Waals surface area contributed by atoms with Gasteiger partial charge in [0, 0.05) is 24.0 Å². The Balaban J connectivity index is 1.90. The Morgan fingerprint density at radius 3 is 1.27 bits per heavy atom. The SMILES string of the molecule is CC(C)(CC(=O)c1ccccc1)OOC(C)(C)CC(=O)c1ccccc1. The van der Waals surface area contributed by atoms with Crippen LogP contribution in [0.1, 0.15) is 61.3 Å². The van der Waals surface area contributed by atoms with E-state index in [9.17, 15) is 9.59 Å². The number of benzene rings is 2. The lowest BCUT2D eigenvalue weighted by Crippen LogP contribution is -2.35. The lowest BCUT2D eigenvalue weighted by Gasteiger charge is -2.30. The van der Waals surface area contributed by atoms with Crippen LogP contribution in [-0.4, -0.2) is 22.8 Å². The maximum absolute atomic E-state index is 12.4. The van der Waals surface area contributed by atoms with E-state index in [0.717, 1.165) is 0 Å². The van der Waals surface area contributed by atoms with E-state index in [0.29, 0.717) is 11.1 Å². The Morgan fingerprint density at radius 1 is 0.654 bits per heavy atom. The molecule has 0 spiro atoms. The van der Waals surface area contributed by atoms with Gasteiger partial charge in [-0.1, -0.05) is 60.7 Å². The van der Waals surface area contributed by atoms with Crippen LogP contribution in [0.2, 0.25) is 0 Å². The number of carbonyl (C=O) groups is 2. The molecule has 0 unspecified atom stereocenters. The van der Waals surface area contributed by atoms with Crippen LogP contribution in [0, 0.1) is 0 Å². The van der Waals surface area contributed by atoms with Crippen molar-refractivity contribution >= 4 is 11.6 Å². The molecule has 0 atom stereocenters. The predicted molar refractivity (Wildman–Crippen MR) is 101 cm³/mol. The highest BCUT2D eigenvalue weighted by molar-refractivity contribution is 5.97. The van der Waals surface area contributed by atoms with Gasteiger partial charge in [0.05, 0.1) is 0 Å². The zero-order valence-electron chi connectivity index (χ0n) is 15.8. The van der Waals surface area contributed by atoms with Crippen molar-refractivity contribution in [3.63, 3.8) is 0 Å². The van der Waals surface area contributed by atoms with Crippen molar-refractivity contribution in [2.24, 2.45) is 0 Å². The van der Waals surface area contributed by atoms with E-state index in [1.165, 1.54) is 0 Å². The average molecular weight is 354 g/mol. The van der Waals surface area contributed by atoms with Crippen molar-refractivity contribution in [1.29, 1.82) is 0 Å². The third kappa shape index (κ3) is 6.21. The van der Waals surface area contributed by atoms with Crippen LogP contribution in [0.5, 0.6) is 0 Å². The second-order valence-corrected chi connectivity index (χ2v) is 7.62. The summed E-state index contributed by atoms with van der Waals surface area (Å²) in [5.74, 6) is -0.0327. The fourth-order valence-corrected chi connectivity index (χ4v) is 2.51. The number of Topliss-reactive ketones (excluding diaryl/α,β-unsaturated/α-hetero) is 2. The minimum absolute atomic E-state index is 0.0163. The first-order valence-corrected chi connectivity index (χ1v) is 8.72. The summed E-state index contributed by atoms with van der Waals surface area (Å²) in [6.07, 6.45) is 0.361. The number of ketones is 2. The second-order valence-electron chi connectivity index (χ2n) is 7.62. The molecule has 138 valence electrons. The maximum atomic E-state index is 12.4. The van der Waals surface area contributed by atoms with E-state index in [-0.39, 0.29) is 24.4 Å². The van der Waals surface area contributed by atoms with Gasteiger partial charge in [0.2, 0.25) is 0 Å². The summed E-state index contributed by atoms with van der Waals surface area (Å²) < 4.78 is 0. The molecule has 0 heterocycles. The zero-order chi connectivity index (χ0) is 19.2. The van der Waals surface area contributed by atoms with Gasteiger partial charge in [0.15, 0.2) is 11.6 Å². The normalized spacial score (nSPS) is 12.0. The first-order chi connectivity index (χ1) is 12.2. The molecule has 0 saturated carbocycles.